The molecule has 1 spiro atoms. The lowest BCUT2D eigenvalue weighted by molar-refractivity contribution is -0.198. The van der Waals surface area contributed by atoms with Gasteiger partial charge in [0.15, 0.2) is 11.6 Å². The Hall–Kier alpha value is -4.92. The number of anilines is 2. The minimum atomic E-state index is -4.89. The predicted octanol–water partition coefficient (Wildman–Crippen LogP) is 5.47. The number of carboxylic acid groups (broad SMARTS) is 1. The van der Waals surface area contributed by atoms with Crippen LogP contribution in [0.3, 0.4) is 0 Å². The molecule has 48 heavy (non-hydrogen) atoms. The summed E-state index contributed by atoms with van der Waals surface area (Å²) >= 11 is 0. The van der Waals surface area contributed by atoms with E-state index in [1.54, 1.807) is 26.0 Å². The van der Waals surface area contributed by atoms with Crippen LogP contribution in [-0.2, 0) is 4.79 Å². The highest BCUT2D eigenvalue weighted by Crippen LogP contribution is 2.43. The third-order valence-corrected chi connectivity index (χ3v) is 8.90. The lowest BCUT2D eigenvalue weighted by atomic mass is 9.76. The van der Waals surface area contributed by atoms with Gasteiger partial charge in [0.25, 0.3) is 0 Å². The van der Waals surface area contributed by atoms with E-state index in [-0.39, 0.29) is 40.9 Å². The van der Waals surface area contributed by atoms with Crippen molar-refractivity contribution in [3.63, 3.8) is 0 Å². The highest BCUT2D eigenvalue weighted by Gasteiger charge is 2.46. The van der Waals surface area contributed by atoms with Crippen molar-refractivity contribution in [1.29, 1.82) is 0 Å². The lowest BCUT2D eigenvalue weighted by Crippen LogP contribution is -2.41. The van der Waals surface area contributed by atoms with Gasteiger partial charge in [0.2, 0.25) is 17.9 Å². The minimum Gasteiger partial charge on any atom is -0.491 e. The maximum Gasteiger partial charge on any atom is 0.429 e. The van der Waals surface area contributed by atoms with Crippen LogP contribution in [0, 0.1) is 18.2 Å². The number of alkyl halides is 3. The van der Waals surface area contributed by atoms with Crippen molar-refractivity contribution in [3.05, 3.63) is 71.8 Å². The summed E-state index contributed by atoms with van der Waals surface area (Å²) in [6.45, 7) is 5.30. The molecule has 254 valence electrons. The van der Waals surface area contributed by atoms with E-state index < -0.39 is 30.1 Å². The van der Waals surface area contributed by atoms with Crippen LogP contribution in [0.2, 0.25) is 0 Å². The van der Waals surface area contributed by atoms with Crippen molar-refractivity contribution in [3.8, 4) is 28.4 Å². The van der Waals surface area contributed by atoms with E-state index in [4.69, 9.17) is 15.2 Å². The molecule has 2 aromatic heterocycles. The molecular weight excluding hydrogens is 634 g/mol. The summed E-state index contributed by atoms with van der Waals surface area (Å²) in [5, 5.41) is 16.8. The van der Waals surface area contributed by atoms with Crippen LogP contribution in [0.4, 0.5) is 29.3 Å². The molecule has 0 aliphatic carbocycles. The average Bonchev–Trinajstić information content (AvgIpc) is 3.67. The maximum atomic E-state index is 14.8. The summed E-state index contributed by atoms with van der Waals surface area (Å²) in [6.07, 6.45) is -3.98. The highest BCUT2D eigenvalue weighted by atomic mass is 19.4. The van der Waals surface area contributed by atoms with E-state index in [1.165, 1.54) is 47.3 Å². The number of nitrogens with two attached hydrogens (primary N) is 1. The van der Waals surface area contributed by atoms with E-state index in [9.17, 15) is 27.5 Å². The van der Waals surface area contributed by atoms with E-state index in [0.29, 0.717) is 61.5 Å². The van der Waals surface area contributed by atoms with Gasteiger partial charge in [-0.05, 0) is 73.9 Å². The summed E-state index contributed by atoms with van der Waals surface area (Å²) in [6, 6.07) is 11.0. The van der Waals surface area contributed by atoms with Gasteiger partial charge < -0.3 is 30.5 Å². The first-order valence-corrected chi connectivity index (χ1v) is 15.5. The Balaban J connectivity index is 1.31. The predicted molar refractivity (Wildman–Crippen MR) is 169 cm³/mol. The Kier molecular flexibility index (Phi) is 8.90. The number of carboxylic acids is 1. The first-order chi connectivity index (χ1) is 22.8. The second kappa shape index (κ2) is 12.9. The molecule has 6 rings (SSSR count). The number of nitrogen functional groups attached to an aromatic ring is 1. The number of hydrogen-bond acceptors (Lipinski definition) is 9. The topological polar surface area (TPSA) is 141 Å². The van der Waals surface area contributed by atoms with Crippen LogP contribution in [-0.4, -0.2) is 69.3 Å². The Morgan fingerprint density at radius 3 is 2.48 bits per heavy atom. The van der Waals surface area contributed by atoms with Gasteiger partial charge >= 0.3 is 12.1 Å². The molecule has 2 saturated heterocycles. The molecule has 11 nitrogen and oxygen atoms in total. The Morgan fingerprint density at radius 1 is 1.12 bits per heavy atom. The Morgan fingerprint density at radius 2 is 1.85 bits per heavy atom. The molecule has 4 aromatic rings. The van der Waals surface area contributed by atoms with E-state index in [0.717, 1.165) is 0 Å². The number of rotatable bonds is 9. The van der Waals surface area contributed by atoms with Gasteiger partial charge in [0, 0.05) is 37.5 Å². The monoisotopic (exact) mass is 669 g/mol. The van der Waals surface area contributed by atoms with Crippen LogP contribution >= 0.6 is 0 Å². The van der Waals surface area contributed by atoms with Gasteiger partial charge in [-0.1, -0.05) is 18.2 Å². The molecule has 0 saturated carbocycles. The van der Waals surface area contributed by atoms with Crippen molar-refractivity contribution in [2.75, 3.05) is 36.9 Å². The van der Waals surface area contributed by atoms with E-state index in [2.05, 4.69) is 20.4 Å². The summed E-state index contributed by atoms with van der Waals surface area (Å²) in [5.41, 5.74) is 7.07. The Labute approximate surface area is 273 Å². The summed E-state index contributed by atoms with van der Waals surface area (Å²) in [4.78, 5) is 21.6. The molecule has 0 amide bonds. The first kappa shape index (κ1) is 33.0. The molecule has 2 aliphatic rings. The number of piperidine rings is 1. The third kappa shape index (κ3) is 6.86. The zero-order valence-electron chi connectivity index (χ0n) is 26.3. The van der Waals surface area contributed by atoms with Crippen molar-refractivity contribution >= 4 is 17.7 Å². The van der Waals surface area contributed by atoms with Crippen LogP contribution in [0.15, 0.2) is 54.7 Å². The standard InChI is InChI=1S/C33H35F4N7O4/c1-3-47-26-7-5-20(14-23(26)34)21-4-6-22(25(15-21)44-11-8-19(2)42-44)29(33(35,36)37)48-28-16-27(40-31(38)41-28)43-12-9-32(10-13-43)17-24(30(45)46)39-18-32/h4-8,11,14-16,24,29,39H,3,9-10,12-13,17-18H2,1-2H3,(H,45,46)(H2,38,40,41)/t24-,29+/m0/s1. The SMILES string of the molecule is CCOc1ccc(-c2ccc([C@@H](Oc3cc(N4CCC5(CC4)CN[C@H](C(=O)O)C5)nc(N)n3)C(F)(F)F)c(-n3ccc(C)n3)c2)cc1F. The molecule has 2 aromatic carbocycles. The fourth-order valence-corrected chi connectivity index (χ4v) is 6.41. The van der Waals surface area contributed by atoms with Gasteiger partial charge in [-0.25, -0.2) is 9.07 Å². The van der Waals surface area contributed by atoms with Crippen LogP contribution in [0.25, 0.3) is 16.8 Å². The van der Waals surface area contributed by atoms with Gasteiger partial charge in [-0.3, -0.25) is 4.79 Å². The molecule has 2 aliphatic heterocycles. The number of nitrogens with zero attached hydrogens (tertiary/aromatic N) is 5. The average molecular weight is 670 g/mol. The Bertz CT molecular complexity index is 1810. The number of aromatic nitrogens is 4. The number of ether oxygens (including phenoxy) is 2. The normalized spacial score (nSPS) is 18.2. The second-order valence-corrected chi connectivity index (χ2v) is 12.2. The third-order valence-electron chi connectivity index (χ3n) is 8.90. The smallest absolute Gasteiger partial charge is 0.429 e. The maximum absolute atomic E-state index is 14.8. The number of nitrogens with one attached hydrogen (secondary N) is 1. The molecular formula is C33H35F4N7O4. The fourth-order valence-electron chi connectivity index (χ4n) is 6.41. The molecule has 2 atom stereocenters. The van der Waals surface area contributed by atoms with Gasteiger partial charge in [-0.2, -0.15) is 28.2 Å². The van der Waals surface area contributed by atoms with Crippen LogP contribution in [0.1, 0.15) is 43.5 Å². The van der Waals surface area contributed by atoms with Crippen molar-refractivity contribution < 1.29 is 36.9 Å². The fraction of sp³-hybridized carbons (Fsp3) is 0.394. The van der Waals surface area contributed by atoms with E-state index >= 15 is 0 Å². The van der Waals surface area contributed by atoms with Gasteiger partial charge in [0.05, 0.1) is 18.0 Å². The minimum absolute atomic E-state index is 0.0706. The number of hydrogen-bond donors (Lipinski definition) is 3. The van der Waals surface area contributed by atoms with Crippen molar-refractivity contribution in [1.82, 2.24) is 25.1 Å². The van der Waals surface area contributed by atoms with Crippen molar-refractivity contribution in [2.45, 2.75) is 51.4 Å². The summed E-state index contributed by atoms with van der Waals surface area (Å²) in [7, 11) is 0. The molecule has 0 radical (unpaired) electrons. The number of halogens is 4. The molecule has 4 heterocycles. The van der Waals surface area contributed by atoms with Crippen LogP contribution in [0.5, 0.6) is 11.6 Å². The molecule has 0 bridgehead atoms. The first-order valence-electron chi connectivity index (χ1n) is 15.5. The highest BCUT2D eigenvalue weighted by molar-refractivity contribution is 5.74. The molecule has 0 unspecified atom stereocenters. The molecule has 15 heteroatoms. The molecule has 4 N–H and O–H groups in total. The van der Waals surface area contributed by atoms with Crippen molar-refractivity contribution in [2.24, 2.45) is 5.41 Å². The zero-order chi connectivity index (χ0) is 34.2. The second-order valence-electron chi connectivity index (χ2n) is 12.2. The lowest BCUT2D eigenvalue weighted by Gasteiger charge is -2.39. The molecule has 2 fully saturated rings. The van der Waals surface area contributed by atoms with Gasteiger partial charge in [0.1, 0.15) is 11.9 Å². The number of benzene rings is 2. The van der Waals surface area contributed by atoms with Gasteiger partial charge in [-0.15, -0.1) is 0 Å². The number of aryl methyl sites for hydroxylation is 1. The number of carbonyl (C=O) groups is 1. The largest absolute Gasteiger partial charge is 0.491 e. The zero-order valence-corrected chi connectivity index (χ0v) is 26.3. The van der Waals surface area contributed by atoms with E-state index in [1.807, 2.05) is 4.90 Å². The quantitative estimate of drug-likeness (QED) is 0.197. The summed E-state index contributed by atoms with van der Waals surface area (Å²) < 4.78 is 71.5. The van der Waals surface area contributed by atoms with Crippen LogP contribution < -0.4 is 25.4 Å². The summed E-state index contributed by atoms with van der Waals surface area (Å²) in [5.74, 6) is -1.73. The number of aliphatic carboxylic acids is 1.